The van der Waals surface area contributed by atoms with Gasteiger partial charge in [0.15, 0.2) is 0 Å². The molecule has 13 heavy (non-hydrogen) atoms. The summed E-state index contributed by atoms with van der Waals surface area (Å²) in [5.74, 6) is 0. The molecule has 0 saturated heterocycles. The zero-order valence-corrected chi connectivity index (χ0v) is 10.7. The van der Waals surface area contributed by atoms with Crippen molar-refractivity contribution < 1.29 is 4.74 Å². The number of ether oxygens (including phenoxy) is 1. The summed E-state index contributed by atoms with van der Waals surface area (Å²) in [7, 11) is 0. The molecule has 0 atom stereocenters. The van der Waals surface area contributed by atoms with E-state index in [9.17, 15) is 0 Å². The quantitative estimate of drug-likeness (QED) is 0.526. The van der Waals surface area contributed by atoms with Gasteiger partial charge in [-0.05, 0) is 25.4 Å². The van der Waals surface area contributed by atoms with E-state index in [1.165, 1.54) is 0 Å². The van der Waals surface area contributed by atoms with Crippen molar-refractivity contribution in [3.05, 3.63) is 19.8 Å². The molecular weight excluding hydrogens is 277 g/mol. The molecule has 0 heterocycles. The molecule has 0 rings (SSSR count). The summed E-state index contributed by atoms with van der Waals surface area (Å²) in [5.41, 5.74) is 0. The number of halogens is 5. The SMILES string of the molecule is CC(C)O/C(Cl)=C(/Cl)C(Cl)=C(Cl)Cl. The zero-order valence-electron chi connectivity index (χ0n) is 6.88. The Morgan fingerprint density at radius 1 is 0.923 bits per heavy atom. The van der Waals surface area contributed by atoms with Crippen molar-refractivity contribution in [3.63, 3.8) is 0 Å². The van der Waals surface area contributed by atoms with Crippen LogP contribution in [-0.2, 0) is 4.74 Å². The second kappa shape index (κ2) is 6.26. The third kappa shape index (κ3) is 5.24. The van der Waals surface area contributed by atoms with Gasteiger partial charge in [-0.15, -0.1) is 0 Å². The average molecular weight is 284 g/mol. The maximum atomic E-state index is 5.68. The Morgan fingerprint density at radius 2 is 1.38 bits per heavy atom. The van der Waals surface area contributed by atoms with Crippen LogP contribution in [-0.4, -0.2) is 6.10 Å². The monoisotopic (exact) mass is 282 g/mol. The molecule has 0 amide bonds. The molecule has 0 aliphatic heterocycles. The molecule has 1 nitrogen and oxygen atoms in total. The molecule has 0 fully saturated rings. The molecule has 0 aliphatic rings. The van der Waals surface area contributed by atoms with Crippen molar-refractivity contribution >= 4 is 58.0 Å². The van der Waals surface area contributed by atoms with Crippen molar-refractivity contribution in [1.29, 1.82) is 0 Å². The van der Waals surface area contributed by atoms with Crippen LogP contribution in [0.2, 0.25) is 0 Å². The average Bonchev–Trinajstić information content (AvgIpc) is 2.00. The van der Waals surface area contributed by atoms with Crippen LogP contribution in [0.5, 0.6) is 0 Å². The lowest BCUT2D eigenvalue weighted by molar-refractivity contribution is 0.167. The Morgan fingerprint density at radius 3 is 1.69 bits per heavy atom. The molecule has 0 bridgehead atoms. The fourth-order valence-electron chi connectivity index (χ4n) is 0.428. The van der Waals surface area contributed by atoms with Crippen molar-refractivity contribution in [2.24, 2.45) is 0 Å². The standard InChI is InChI=1S/C7H7Cl5O/c1-3(2)13-7(12)5(9)4(8)6(10)11/h3H,1-2H3/b7-5+. The summed E-state index contributed by atoms with van der Waals surface area (Å²) in [5, 5.41) is -0.0619. The van der Waals surface area contributed by atoms with Gasteiger partial charge in [0.05, 0.1) is 11.1 Å². The van der Waals surface area contributed by atoms with Gasteiger partial charge in [0.2, 0.25) is 5.22 Å². The Balaban J connectivity index is 4.72. The van der Waals surface area contributed by atoms with Crippen LogP contribution in [0.1, 0.15) is 13.8 Å². The Bertz CT molecular complexity index is 239. The van der Waals surface area contributed by atoms with Crippen LogP contribution in [0.3, 0.4) is 0 Å². The van der Waals surface area contributed by atoms with Crippen LogP contribution in [0.15, 0.2) is 19.8 Å². The zero-order chi connectivity index (χ0) is 10.6. The second-order valence-corrected chi connectivity index (χ2v) is 4.38. The molecule has 0 aliphatic carbocycles. The Hall–Kier alpha value is 0.730. The lowest BCUT2D eigenvalue weighted by Gasteiger charge is -2.09. The second-order valence-electron chi connectivity index (χ2n) is 2.33. The summed E-state index contributed by atoms with van der Waals surface area (Å²) in [6.45, 7) is 3.60. The summed E-state index contributed by atoms with van der Waals surface area (Å²) in [6, 6.07) is 0. The van der Waals surface area contributed by atoms with E-state index >= 15 is 0 Å². The molecule has 0 saturated carbocycles. The first-order chi connectivity index (χ1) is 5.86. The van der Waals surface area contributed by atoms with Gasteiger partial charge in [-0.25, -0.2) is 0 Å². The molecule has 0 unspecified atom stereocenters. The van der Waals surface area contributed by atoms with E-state index in [2.05, 4.69) is 0 Å². The summed E-state index contributed by atoms with van der Waals surface area (Å²) >= 11 is 27.7. The highest BCUT2D eigenvalue weighted by atomic mass is 35.5. The van der Waals surface area contributed by atoms with E-state index in [0.29, 0.717) is 0 Å². The lowest BCUT2D eigenvalue weighted by Crippen LogP contribution is -2.00. The Labute approximate surface area is 102 Å². The van der Waals surface area contributed by atoms with Gasteiger partial charge >= 0.3 is 0 Å². The predicted octanol–water partition coefficient (Wildman–Crippen LogP) is 4.94. The summed E-state index contributed by atoms with van der Waals surface area (Å²) < 4.78 is 4.91. The highest BCUT2D eigenvalue weighted by Crippen LogP contribution is 2.31. The first-order valence-corrected chi connectivity index (χ1v) is 5.18. The van der Waals surface area contributed by atoms with Gasteiger partial charge in [-0.1, -0.05) is 46.4 Å². The van der Waals surface area contributed by atoms with Gasteiger partial charge < -0.3 is 4.74 Å². The first-order valence-electron chi connectivity index (χ1n) is 3.29. The van der Waals surface area contributed by atoms with E-state index in [1.54, 1.807) is 13.8 Å². The maximum Gasteiger partial charge on any atom is 0.207 e. The number of allylic oxidation sites excluding steroid dienone is 2. The molecule has 76 valence electrons. The molecule has 0 aromatic carbocycles. The molecule has 0 radical (unpaired) electrons. The van der Waals surface area contributed by atoms with Gasteiger partial charge in [0, 0.05) is 0 Å². The third-order valence-electron chi connectivity index (χ3n) is 0.870. The van der Waals surface area contributed by atoms with Gasteiger partial charge in [-0.3, -0.25) is 0 Å². The highest BCUT2D eigenvalue weighted by Gasteiger charge is 2.11. The Kier molecular flexibility index (Phi) is 6.61. The molecule has 0 spiro atoms. The minimum Gasteiger partial charge on any atom is -0.479 e. The van der Waals surface area contributed by atoms with E-state index in [-0.39, 0.29) is 25.9 Å². The smallest absolute Gasteiger partial charge is 0.207 e. The van der Waals surface area contributed by atoms with Gasteiger partial charge in [-0.2, -0.15) is 0 Å². The number of hydrogen-bond acceptors (Lipinski definition) is 1. The fraction of sp³-hybridized carbons (Fsp3) is 0.429. The van der Waals surface area contributed by atoms with Crippen molar-refractivity contribution in [1.82, 2.24) is 0 Å². The van der Waals surface area contributed by atoms with E-state index in [4.69, 9.17) is 62.7 Å². The van der Waals surface area contributed by atoms with Crippen molar-refractivity contribution in [2.75, 3.05) is 0 Å². The topological polar surface area (TPSA) is 9.23 Å². The minimum absolute atomic E-state index is 0.00275. The van der Waals surface area contributed by atoms with Crippen LogP contribution < -0.4 is 0 Å². The normalized spacial score (nSPS) is 12.6. The van der Waals surface area contributed by atoms with Crippen LogP contribution >= 0.6 is 58.0 Å². The minimum atomic E-state index is -0.155. The largest absolute Gasteiger partial charge is 0.479 e. The highest BCUT2D eigenvalue weighted by molar-refractivity contribution is 6.62. The number of rotatable bonds is 3. The van der Waals surface area contributed by atoms with E-state index in [1.807, 2.05) is 0 Å². The maximum absolute atomic E-state index is 5.68. The summed E-state index contributed by atoms with van der Waals surface area (Å²) in [4.78, 5) is 0. The molecular formula is C7H7Cl5O. The first kappa shape index (κ1) is 13.7. The number of hydrogen-bond donors (Lipinski definition) is 0. The van der Waals surface area contributed by atoms with E-state index < -0.39 is 0 Å². The van der Waals surface area contributed by atoms with Crippen LogP contribution in [0, 0.1) is 0 Å². The van der Waals surface area contributed by atoms with Gasteiger partial charge in [0.1, 0.15) is 9.52 Å². The molecule has 6 heteroatoms. The van der Waals surface area contributed by atoms with Crippen LogP contribution in [0.4, 0.5) is 0 Å². The third-order valence-corrected chi connectivity index (χ3v) is 2.65. The molecule has 0 aromatic heterocycles. The lowest BCUT2D eigenvalue weighted by atomic mass is 10.5. The van der Waals surface area contributed by atoms with E-state index in [0.717, 1.165) is 0 Å². The fourth-order valence-corrected chi connectivity index (χ4v) is 1.26. The van der Waals surface area contributed by atoms with Crippen molar-refractivity contribution in [3.8, 4) is 0 Å². The molecule has 0 N–H and O–H groups in total. The predicted molar refractivity (Wildman–Crippen MR) is 59.5 cm³/mol. The molecule has 0 aromatic rings. The summed E-state index contributed by atoms with van der Waals surface area (Å²) in [6.07, 6.45) is -0.0974. The van der Waals surface area contributed by atoms with Crippen LogP contribution in [0.25, 0.3) is 0 Å². The van der Waals surface area contributed by atoms with Gasteiger partial charge in [0.25, 0.3) is 0 Å². The van der Waals surface area contributed by atoms with Crippen molar-refractivity contribution in [2.45, 2.75) is 20.0 Å².